The van der Waals surface area contributed by atoms with Gasteiger partial charge in [0, 0.05) is 24.4 Å². The van der Waals surface area contributed by atoms with E-state index in [0.717, 1.165) is 29.8 Å². The smallest absolute Gasteiger partial charge is 0.182 e. The molecule has 0 aliphatic rings. The molecule has 3 heteroatoms. The summed E-state index contributed by atoms with van der Waals surface area (Å²) in [5, 5.41) is 0. The number of ketones is 1. The van der Waals surface area contributed by atoms with Crippen molar-refractivity contribution < 1.29 is 4.79 Å². The third-order valence-electron chi connectivity index (χ3n) is 3.73. The second-order valence-corrected chi connectivity index (χ2v) is 5.40. The average Bonchev–Trinajstić information content (AvgIpc) is 2.81. The zero-order chi connectivity index (χ0) is 14.7. The molecule has 0 saturated heterocycles. The molecule has 0 saturated carbocycles. The maximum absolute atomic E-state index is 12.5. The summed E-state index contributed by atoms with van der Waals surface area (Å²) in [6.07, 6.45) is 5.60. The molecule has 0 unspecified atom stereocenters. The molecule has 0 aliphatic carbocycles. The maximum Gasteiger partial charge on any atom is 0.182 e. The second-order valence-electron chi connectivity index (χ2n) is 5.40. The molecule has 20 heavy (non-hydrogen) atoms. The van der Waals surface area contributed by atoms with E-state index in [1.54, 1.807) is 6.20 Å². The maximum atomic E-state index is 12.5. The number of benzene rings is 1. The van der Waals surface area contributed by atoms with Crippen LogP contribution in [0.5, 0.6) is 0 Å². The third kappa shape index (κ3) is 2.98. The van der Waals surface area contributed by atoms with Crippen LogP contribution in [0.15, 0.2) is 24.5 Å². The van der Waals surface area contributed by atoms with Gasteiger partial charge in [0.2, 0.25) is 0 Å². The molecule has 0 spiro atoms. The predicted molar refractivity (Wildman–Crippen MR) is 81.2 cm³/mol. The van der Waals surface area contributed by atoms with Crippen LogP contribution >= 0.6 is 0 Å². The van der Waals surface area contributed by atoms with Gasteiger partial charge in [-0.2, -0.15) is 0 Å². The van der Waals surface area contributed by atoms with Crippen molar-refractivity contribution in [3.05, 3.63) is 52.6 Å². The second kappa shape index (κ2) is 6.04. The quantitative estimate of drug-likeness (QED) is 0.777. The van der Waals surface area contributed by atoms with E-state index in [1.807, 2.05) is 30.7 Å². The van der Waals surface area contributed by atoms with Gasteiger partial charge in [-0.15, -0.1) is 0 Å². The molecule has 1 aromatic carbocycles. The van der Waals surface area contributed by atoms with Crippen LogP contribution in [0.1, 0.15) is 46.2 Å². The van der Waals surface area contributed by atoms with Crippen molar-refractivity contribution >= 4 is 5.78 Å². The summed E-state index contributed by atoms with van der Waals surface area (Å²) in [5.41, 5.74) is 4.27. The van der Waals surface area contributed by atoms with Gasteiger partial charge in [-0.05, 0) is 49.9 Å². The molecule has 0 radical (unpaired) electrons. The Morgan fingerprint density at radius 1 is 1.15 bits per heavy atom. The molecular formula is C17H22N2O. The Morgan fingerprint density at radius 3 is 2.55 bits per heavy atom. The van der Waals surface area contributed by atoms with Crippen LogP contribution in [0.2, 0.25) is 0 Å². The number of rotatable bonds is 5. The number of carbonyl (C=O) groups excluding carboxylic acids is 1. The van der Waals surface area contributed by atoms with Crippen molar-refractivity contribution in [2.45, 2.75) is 47.1 Å². The van der Waals surface area contributed by atoms with Crippen LogP contribution in [0.25, 0.3) is 0 Å². The first-order chi connectivity index (χ1) is 9.52. The van der Waals surface area contributed by atoms with E-state index >= 15 is 0 Å². The minimum absolute atomic E-state index is 0.154. The van der Waals surface area contributed by atoms with Gasteiger partial charge in [0.1, 0.15) is 5.82 Å². The van der Waals surface area contributed by atoms with Gasteiger partial charge in [0.15, 0.2) is 5.78 Å². The minimum Gasteiger partial charge on any atom is -0.327 e. The molecule has 3 nitrogen and oxygen atoms in total. The van der Waals surface area contributed by atoms with Crippen LogP contribution < -0.4 is 0 Å². The predicted octanol–water partition coefficient (Wildman–Crippen LogP) is 3.64. The van der Waals surface area contributed by atoms with Crippen molar-refractivity contribution in [3.8, 4) is 0 Å². The number of hydrogen-bond acceptors (Lipinski definition) is 2. The normalized spacial score (nSPS) is 10.8. The minimum atomic E-state index is 0.154. The lowest BCUT2D eigenvalue weighted by Gasteiger charge is -2.11. The van der Waals surface area contributed by atoms with Crippen LogP contribution in [0.3, 0.4) is 0 Å². The molecule has 0 fully saturated rings. The zero-order valence-corrected chi connectivity index (χ0v) is 12.7. The highest BCUT2D eigenvalue weighted by Gasteiger charge is 2.13. The highest BCUT2D eigenvalue weighted by atomic mass is 16.1. The summed E-state index contributed by atoms with van der Waals surface area (Å²) < 4.78 is 1.96. The summed E-state index contributed by atoms with van der Waals surface area (Å²) in [4.78, 5) is 16.8. The summed E-state index contributed by atoms with van der Waals surface area (Å²) in [6.45, 7) is 8.62. The Kier molecular flexibility index (Phi) is 4.38. The van der Waals surface area contributed by atoms with E-state index in [9.17, 15) is 4.79 Å². The Labute approximate surface area is 120 Å². The van der Waals surface area contributed by atoms with E-state index in [4.69, 9.17) is 0 Å². The fourth-order valence-electron chi connectivity index (χ4n) is 2.44. The fourth-order valence-corrected chi connectivity index (χ4v) is 2.44. The van der Waals surface area contributed by atoms with Gasteiger partial charge in [0.25, 0.3) is 0 Å². The molecule has 0 amide bonds. The van der Waals surface area contributed by atoms with Crippen molar-refractivity contribution in [3.63, 3.8) is 0 Å². The molecule has 0 bridgehead atoms. The van der Waals surface area contributed by atoms with Crippen LogP contribution in [0, 0.1) is 20.8 Å². The average molecular weight is 270 g/mol. The van der Waals surface area contributed by atoms with E-state index in [2.05, 4.69) is 24.9 Å². The van der Waals surface area contributed by atoms with Gasteiger partial charge < -0.3 is 4.57 Å². The van der Waals surface area contributed by atoms with E-state index in [-0.39, 0.29) is 5.78 Å². The largest absolute Gasteiger partial charge is 0.327 e. The Bertz CT molecular complexity index is 626. The lowest BCUT2D eigenvalue weighted by atomic mass is 9.98. The summed E-state index contributed by atoms with van der Waals surface area (Å²) in [6, 6.07) is 4.09. The molecule has 1 aromatic heterocycles. The Hall–Kier alpha value is -1.90. The monoisotopic (exact) mass is 270 g/mol. The van der Waals surface area contributed by atoms with Gasteiger partial charge in [-0.25, -0.2) is 4.98 Å². The van der Waals surface area contributed by atoms with E-state index in [1.165, 1.54) is 11.1 Å². The first-order valence-electron chi connectivity index (χ1n) is 7.14. The van der Waals surface area contributed by atoms with Crippen LogP contribution in [-0.4, -0.2) is 15.3 Å². The molecule has 0 aliphatic heterocycles. The lowest BCUT2D eigenvalue weighted by Crippen LogP contribution is -2.14. The van der Waals surface area contributed by atoms with Crippen LogP contribution in [-0.2, 0) is 13.0 Å². The molecular weight excluding hydrogens is 248 g/mol. The topological polar surface area (TPSA) is 34.9 Å². The Morgan fingerprint density at radius 2 is 1.85 bits per heavy atom. The molecule has 0 N–H and O–H groups in total. The molecule has 2 rings (SSSR count). The number of Topliss-reactive ketones (excluding diaryl/α,β-unsaturated/α-hetero) is 1. The van der Waals surface area contributed by atoms with Crippen molar-refractivity contribution in [1.82, 2.24) is 9.55 Å². The van der Waals surface area contributed by atoms with Gasteiger partial charge >= 0.3 is 0 Å². The standard InChI is InChI=1S/C17H22N2O/c1-5-6-17-18-7-8-19(17)11-16(20)15-10-13(3)12(2)9-14(15)4/h7-10H,5-6,11H2,1-4H3. The van der Waals surface area contributed by atoms with Crippen molar-refractivity contribution in [1.29, 1.82) is 0 Å². The summed E-state index contributed by atoms with van der Waals surface area (Å²) >= 11 is 0. The third-order valence-corrected chi connectivity index (χ3v) is 3.73. The molecule has 1 heterocycles. The van der Waals surface area contributed by atoms with E-state index < -0.39 is 0 Å². The number of nitrogens with zero attached hydrogens (tertiary/aromatic N) is 2. The summed E-state index contributed by atoms with van der Waals surface area (Å²) in [7, 11) is 0. The first-order valence-corrected chi connectivity index (χ1v) is 7.14. The molecule has 0 atom stereocenters. The number of imidazole rings is 1. The molecule has 2 aromatic rings. The zero-order valence-electron chi connectivity index (χ0n) is 12.7. The summed E-state index contributed by atoms with van der Waals surface area (Å²) in [5.74, 6) is 1.14. The van der Waals surface area contributed by atoms with E-state index in [0.29, 0.717) is 6.54 Å². The SMILES string of the molecule is CCCc1nccn1CC(=O)c1cc(C)c(C)cc1C. The van der Waals surface area contributed by atoms with Gasteiger partial charge in [-0.1, -0.05) is 13.0 Å². The number of carbonyl (C=O) groups is 1. The van der Waals surface area contributed by atoms with Gasteiger partial charge in [-0.3, -0.25) is 4.79 Å². The molecule has 106 valence electrons. The number of aryl methyl sites for hydroxylation is 4. The number of hydrogen-bond donors (Lipinski definition) is 0. The highest BCUT2D eigenvalue weighted by molar-refractivity contribution is 5.97. The first kappa shape index (κ1) is 14.5. The lowest BCUT2D eigenvalue weighted by molar-refractivity contribution is 0.0970. The van der Waals surface area contributed by atoms with Crippen molar-refractivity contribution in [2.24, 2.45) is 0 Å². The Balaban J connectivity index is 2.24. The highest BCUT2D eigenvalue weighted by Crippen LogP contribution is 2.17. The fraction of sp³-hybridized carbons (Fsp3) is 0.412. The van der Waals surface area contributed by atoms with Crippen LogP contribution in [0.4, 0.5) is 0 Å². The van der Waals surface area contributed by atoms with Crippen molar-refractivity contribution in [2.75, 3.05) is 0 Å². The number of aromatic nitrogens is 2. The van der Waals surface area contributed by atoms with Gasteiger partial charge in [0.05, 0.1) is 6.54 Å².